The fourth-order valence-electron chi connectivity index (χ4n) is 2.06. The molecule has 0 atom stereocenters. The lowest BCUT2D eigenvalue weighted by atomic mass is 10.2. The zero-order valence-electron chi connectivity index (χ0n) is 16.8. The van der Waals surface area contributed by atoms with Gasteiger partial charge in [-0.1, -0.05) is 72.7 Å². The highest BCUT2D eigenvalue weighted by atomic mass is 32.3. The minimum absolute atomic E-state index is 0.0797. The minimum atomic E-state index is -0.412. The molecule has 1 aromatic carbocycles. The molecule has 5 nitrogen and oxygen atoms in total. The molecule has 0 saturated heterocycles. The van der Waals surface area contributed by atoms with Crippen LogP contribution in [0.2, 0.25) is 0 Å². The summed E-state index contributed by atoms with van der Waals surface area (Å²) in [6.45, 7) is 9.33. The average Bonchev–Trinajstić information content (AvgIpc) is 3.12. The number of ether oxygens (including phenoxy) is 1. The van der Waals surface area contributed by atoms with Gasteiger partial charge in [0.2, 0.25) is 0 Å². The number of nitrogens with zero attached hydrogens (tertiary/aromatic N) is 1. The molecule has 0 saturated carbocycles. The summed E-state index contributed by atoms with van der Waals surface area (Å²) in [7, 11) is 0. The first-order chi connectivity index (χ1) is 14.9. The first kappa shape index (κ1) is 25.2. The summed E-state index contributed by atoms with van der Waals surface area (Å²) < 4.78 is 8.62. The highest BCUT2D eigenvalue weighted by molar-refractivity contribution is 8.41. The molecule has 0 spiro atoms. The molecule has 1 aliphatic rings. The van der Waals surface area contributed by atoms with Crippen LogP contribution in [0.1, 0.15) is 12.5 Å². The Morgan fingerprint density at radius 1 is 1.19 bits per heavy atom. The zero-order chi connectivity index (χ0) is 22.6. The first-order valence-corrected chi connectivity index (χ1v) is 12.5. The number of thioether (sulfide) groups is 4. The maximum absolute atomic E-state index is 11.4. The van der Waals surface area contributed by atoms with E-state index in [9.17, 15) is 14.9 Å². The van der Waals surface area contributed by atoms with E-state index in [-0.39, 0.29) is 11.7 Å². The molecule has 0 unspecified atom stereocenters. The number of carbonyl (C=O) groups is 1. The molecule has 0 aromatic heterocycles. The lowest BCUT2D eigenvalue weighted by Gasteiger charge is -2.05. The standard InChI is InChI=1S/C22H21NO4S4/c1-4-28-21-22(29-15-14-27-20(24)16(2)3)31-19(30-21)9-7-5-6-8-17-10-12-18(13-11-17)23(25)26/h4-13H,1-2,14-15H2,3H3/b7-5+,8-6+,19-9+. The number of nitro groups is 1. The molecule has 0 bridgehead atoms. The summed E-state index contributed by atoms with van der Waals surface area (Å²) in [4.78, 5) is 21.7. The Balaban J connectivity index is 1.86. The molecule has 0 radical (unpaired) electrons. The van der Waals surface area contributed by atoms with E-state index in [1.807, 2.05) is 30.4 Å². The number of allylic oxidation sites excluding steroid dienone is 4. The van der Waals surface area contributed by atoms with Crippen molar-refractivity contribution in [3.05, 3.63) is 101 Å². The highest BCUT2D eigenvalue weighted by Crippen LogP contribution is 2.57. The third-order valence-electron chi connectivity index (χ3n) is 3.49. The van der Waals surface area contributed by atoms with Crippen LogP contribution < -0.4 is 0 Å². The van der Waals surface area contributed by atoms with Crippen LogP contribution in [0.25, 0.3) is 6.08 Å². The van der Waals surface area contributed by atoms with Gasteiger partial charge in [0, 0.05) is 23.5 Å². The second-order valence-corrected chi connectivity index (χ2v) is 10.9. The van der Waals surface area contributed by atoms with E-state index >= 15 is 0 Å². The summed E-state index contributed by atoms with van der Waals surface area (Å²) in [5, 5.41) is 12.5. The van der Waals surface area contributed by atoms with Crippen molar-refractivity contribution in [1.29, 1.82) is 0 Å². The van der Waals surface area contributed by atoms with Crippen LogP contribution in [0.3, 0.4) is 0 Å². The fourth-order valence-corrected chi connectivity index (χ4v) is 7.14. The largest absolute Gasteiger partial charge is 0.461 e. The maximum atomic E-state index is 11.4. The third-order valence-corrected chi connectivity index (χ3v) is 8.52. The molecule has 0 N–H and O–H groups in total. The van der Waals surface area contributed by atoms with Gasteiger partial charge in [0.15, 0.2) is 0 Å². The molecule has 9 heteroatoms. The van der Waals surface area contributed by atoms with Crippen LogP contribution in [0.15, 0.2) is 85.4 Å². The van der Waals surface area contributed by atoms with Crippen LogP contribution in [0, 0.1) is 10.1 Å². The Kier molecular flexibility index (Phi) is 10.9. The molecular weight excluding hydrogens is 471 g/mol. The smallest absolute Gasteiger partial charge is 0.333 e. The number of non-ortho nitro benzene ring substituents is 1. The van der Waals surface area contributed by atoms with Crippen molar-refractivity contribution in [2.45, 2.75) is 6.92 Å². The number of hydrogen-bond donors (Lipinski definition) is 0. The van der Waals surface area contributed by atoms with E-state index in [0.717, 1.165) is 14.0 Å². The lowest BCUT2D eigenvalue weighted by Crippen LogP contribution is -2.07. The molecule has 31 heavy (non-hydrogen) atoms. The number of carbonyl (C=O) groups excluding carboxylic acids is 1. The summed E-state index contributed by atoms with van der Waals surface area (Å²) in [5.41, 5.74) is 1.37. The van der Waals surface area contributed by atoms with Crippen LogP contribution in [0.5, 0.6) is 0 Å². The fraction of sp³-hybridized carbons (Fsp3) is 0.136. The van der Waals surface area contributed by atoms with Crippen LogP contribution in [-0.2, 0) is 9.53 Å². The van der Waals surface area contributed by atoms with Crippen molar-refractivity contribution in [3.63, 3.8) is 0 Å². The van der Waals surface area contributed by atoms with Gasteiger partial charge >= 0.3 is 5.97 Å². The van der Waals surface area contributed by atoms with Gasteiger partial charge in [0.05, 0.1) is 17.6 Å². The molecule has 162 valence electrons. The zero-order valence-corrected chi connectivity index (χ0v) is 20.1. The van der Waals surface area contributed by atoms with Crippen molar-refractivity contribution in [1.82, 2.24) is 0 Å². The SMILES string of the molecule is C=CSC1=C(SCCOC(=O)C(=C)C)S/C(=C/C=C/C=C/c2ccc([N+](=O)[O-])cc2)S1. The van der Waals surface area contributed by atoms with E-state index in [1.54, 1.807) is 71.5 Å². The lowest BCUT2D eigenvalue weighted by molar-refractivity contribution is -0.384. The van der Waals surface area contributed by atoms with Crippen LogP contribution >= 0.6 is 47.0 Å². The number of nitro benzene ring substituents is 1. The Bertz CT molecular complexity index is 962. The monoisotopic (exact) mass is 491 g/mol. The van der Waals surface area contributed by atoms with E-state index in [1.165, 1.54) is 16.4 Å². The summed E-state index contributed by atoms with van der Waals surface area (Å²) in [6, 6.07) is 6.40. The molecule has 2 rings (SSSR count). The van der Waals surface area contributed by atoms with Gasteiger partial charge in [-0.2, -0.15) is 0 Å². The van der Waals surface area contributed by atoms with E-state index in [2.05, 4.69) is 13.2 Å². The predicted molar refractivity (Wildman–Crippen MR) is 138 cm³/mol. The summed E-state index contributed by atoms with van der Waals surface area (Å²) in [6.07, 6.45) is 9.68. The van der Waals surface area contributed by atoms with E-state index in [4.69, 9.17) is 4.74 Å². The van der Waals surface area contributed by atoms with Gasteiger partial charge in [-0.05, 0) is 36.1 Å². The third kappa shape index (κ3) is 8.90. The van der Waals surface area contributed by atoms with Crippen molar-refractivity contribution in [2.75, 3.05) is 12.4 Å². The molecule has 0 aliphatic carbocycles. The van der Waals surface area contributed by atoms with Crippen LogP contribution in [-0.4, -0.2) is 23.3 Å². The Morgan fingerprint density at radius 2 is 1.90 bits per heavy atom. The minimum Gasteiger partial charge on any atom is -0.461 e. The second-order valence-electron chi connectivity index (χ2n) is 5.91. The van der Waals surface area contributed by atoms with Gasteiger partial charge in [0.1, 0.15) is 6.61 Å². The van der Waals surface area contributed by atoms with Crippen molar-refractivity contribution >= 4 is 64.8 Å². The number of benzene rings is 1. The van der Waals surface area contributed by atoms with Gasteiger partial charge in [-0.25, -0.2) is 4.79 Å². The molecule has 1 aromatic rings. The maximum Gasteiger partial charge on any atom is 0.333 e. The quantitative estimate of drug-likeness (QED) is 0.0795. The summed E-state index contributed by atoms with van der Waals surface area (Å²) in [5.74, 6) is 0.306. The molecule has 1 heterocycles. The van der Waals surface area contributed by atoms with Crippen LogP contribution in [0.4, 0.5) is 5.69 Å². The second kappa shape index (κ2) is 13.4. The van der Waals surface area contributed by atoms with Crippen molar-refractivity contribution in [3.8, 4) is 0 Å². The predicted octanol–water partition coefficient (Wildman–Crippen LogP) is 7.34. The number of hydrogen-bond acceptors (Lipinski definition) is 8. The Labute approximate surface area is 199 Å². The highest BCUT2D eigenvalue weighted by Gasteiger charge is 2.21. The van der Waals surface area contributed by atoms with Gasteiger partial charge in [-0.3, -0.25) is 10.1 Å². The average molecular weight is 492 g/mol. The topological polar surface area (TPSA) is 69.4 Å². The molecular formula is C22H21NO4S4. The normalized spacial score (nSPS) is 15.2. The van der Waals surface area contributed by atoms with E-state index < -0.39 is 4.92 Å². The molecule has 0 fully saturated rings. The van der Waals surface area contributed by atoms with E-state index in [0.29, 0.717) is 17.9 Å². The van der Waals surface area contributed by atoms with Crippen molar-refractivity contribution < 1.29 is 14.5 Å². The van der Waals surface area contributed by atoms with Gasteiger partial charge in [0.25, 0.3) is 5.69 Å². The number of esters is 1. The van der Waals surface area contributed by atoms with Crippen molar-refractivity contribution in [2.24, 2.45) is 0 Å². The molecule has 0 amide bonds. The first-order valence-electron chi connectivity index (χ1n) is 9.03. The summed E-state index contributed by atoms with van der Waals surface area (Å²) >= 11 is 6.60. The Hall–Kier alpha value is -2.07. The number of rotatable bonds is 11. The molecule has 1 aliphatic heterocycles. The van der Waals surface area contributed by atoms with Gasteiger partial charge in [-0.15, -0.1) is 11.8 Å². The van der Waals surface area contributed by atoms with Gasteiger partial charge < -0.3 is 4.74 Å². The Morgan fingerprint density at radius 3 is 2.55 bits per heavy atom.